The molecule has 6 nitrogen and oxygen atoms in total. The zero-order chi connectivity index (χ0) is 19.5. The van der Waals surface area contributed by atoms with Crippen LogP contribution >= 0.6 is 0 Å². The topological polar surface area (TPSA) is 75.5 Å². The molecule has 1 atom stereocenters. The molecule has 28 heavy (non-hydrogen) atoms. The van der Waals surface area contributed by atoms with E-state index < -0.39 is 4.92 Å². The number of anilines is 2. The van der Waals surface area contributed by atoms with E-state index in [1.165, 1.54) is 12.1 Å². The number of nitrogens with one attached hydrogen (secondary N) is 1. The Bertz CT molecular complexity index is 1000. The maximum Gasteiger partial charge on any atom is 0.271 e. The van der Waals surface area contributed by atoms with Crippen LogP contribution in [0.15, 0.2) is 78.9 Å². The minimum Gasteiger partial charge on any atom is -0.374 e. The van der Waals surface area contributed by atoms with Gasteiger partial charge in [-0.05, 0) is 35.7 Å². The minimum absolute atomic E-state index is 0.0155. The van der Waals surface area contributed by atoms with Crippen LogP contribution < -0.4 is 10.2 Å². The average molecular weight is 373 g/mol. The predicted octanol–water partition coefficient (Wildman–Crippen LogP) is 4.48. The molecule has 3 aromatic rings. The Hall–Kier alpha value is -3.67. The Morgan fingerprint density at radius 1 is 0.929 bits per heavy atom. The van der Waals surface area contributed by atoms with Gasteiger partial charge in [-0.15, -0.1) is 0 Å². The SMILES string of the molecule is O=C1C(Nc2ccc(-c3ccccc3)cc2)CCN1c1cccc([N+](=O)[O-])c1. The number of hydrogen-bond donors (Lipinski definition) is 1. The lowest BCUT2D eigenvalue weighted by molar-refractivity contribution is -0.384. The molecule has 1 saturated heterocycles. The number of carbonyl (C=O) groups excluding carboxylic acids is 1. The van der Waals surface area contributed by atoms with Crippen molar-refractivity contribution in [2.75, 3.05) is 16.8 Å². The fourth-order valence-corrected chi connectivity index (χ4v) is 3.44. The Morgan fingerprint density at radius 3 is 2.36 bits per heavy atom. The lowest BCUT2D eigenvalue weighted by Crippen LogP contribution is -2.33. The van der Waals surface area contributed by atoms with Gasteiger partial charge >= 0.3 is 0 Å². The Balaban J connectivity index is 1.46. The molecule has 1 aliphatic heterocycles. The van der Waals surface area contributed by atoms with E-state index in [-0.39, 0.29) is 17.6 Å². The molecule has 1 heterocycles. The van der Waals surface area contributed by atoms with Gasteiger partial charge in [0.1, 0.15) is 6.04 Å². The monoisotopic (exact) mass is 373 g/mol. The molecule has 1 aliphatic rings. The molecular formula is C22H19N3O3. The molecular weight excluding hydrogens is 354 g/mol. The van der Waals surface area contributed by atoms with Crippen molar-refractivity contribution in [2.45, 2.75) is 12.5 Å². The lowest BCUT2D eigenvalue weighted by Gasteiger charge is -2.17. The van der Waals surface area contributed by atoms with Gasteiger partial charge in [0.15, 0.2) is 0 Å². The van der Waals surface area contributed by atoms with Gasteiger partial charge in [-0.2, -0.15) is 0 Å². The van der Waals surface area contributed by atoms with Crippen molar-refractivity contribution in [2.24, 2.45) is 0 Å². The van der Waals surface area contributed by atoms with Gasteiger partial charge < -0.3 is 10.2 Å². The number of nitro benzene ring substituents is 1. The zero-order valence-electron chi connectivity index (χ0n) is 15.1. The highest BCUT2D eigenvalue weighted by molar-refractivity contribution is 6.01. The number of rotatable bonds is 5. The van der Waals surface area contributed by atoms with Crippen LogP contribution in [0, 0.1) is 10.1 Å². The fourth-order valence-electron chi connectivity index (χ4n) is 3.44. The van der Waals surface area contributed by atoms with Crippen molar-refractivity contribution in [3.05, 3.63) is 89.0 Å². The third kappa shape index (κ3) is 3.57. The predicted molar refractivity (Wildman–Crippen MR) is 109 cm³/mol. The molecule has 1 amide bonds. The Labute approximate surface area is 162 Å². The maximum absolute atomic E-state index is 12.8. The lowest BCUT2D eigenvalue weighted by atomic mass is 10.1. The van der Waals surface area contributed by atoms with E-state index in [1.54, 1.807) is 17.0 Å². The van der Waals surface area contributed by atoms with Gasteiger partial charge in [0.25, 0.3) is 5.69 Å². The zero-order valence-corrected chi connectivity index (χ0v) is 15.1. The first-order chi connectivity index (χ1) is 13.6. The van der Waals surface area contributed by atoms with Crippen molar-refractivity contribution in [1.29, 1.82) is 0 Å². The minimum atomic E-state index is -0.450. The molecule has 1 N–H and O–H groups in total. The van der Waals surface area contributed by atoms with Crippen LogP contribution in [0.1, 0.15) is 6.42 Å². The van der Waals surface area contributed by atoms with E-state index in [9.17, 15) is 14.9 Å². The molecule has 0 aromatic heterocycles. The molecule has 0 saturated carbocycles. The average Bonchev–Trinajstić information content (AvgIpc) is 3.09. The summed E-state index contributed by atoms with van der Waals surface area (Å²) in [5.74, 6) is -0.0763. The first-order valence-corrected chi connectivity index (χ1v) is 9.10. The quantitative estimate of drug-likeness (QED) is 0.528. The van der Waals surface area contributed by atoms with Gasteiger partial charge in [-0.25, -0.2) is 0 Å². The van der Waals surface area contributed by atoms with Crippen LogP contribution in [0.5, 0.6) is 0 Å². The first-order valence-electron chi connectivity index (χ1n) is 9.10. The Morgan fingerprint density at radius 2 is 1.64 bits per heavy atom. The van der Waals surface area contributed by atoms with Crippen molar-refractivity contribution < 1.29 is 9.72 Å². The molecule has 6 heteroatoms. The molecule has 3 aromatic carbocycles. The number of non-ortho nitro benzene ring substituents is 1. The van der Waals surface area contributed by atoms with E-state index in [0.717, 1.165) is 16.8 Å². The van der Waals surface area contributed by atoms with Gasteiger partial charge in [0.05, 0.1) is 10.6 Å². The Kier molecular flexibility index (Phi) is 4.76. The summed E-state index contributed by atoms with van der Waals surface area (Å²) in [5, 5.41) is 14.3. The van der Waals surface area contributed by atoms with Crippen LogP contribution in [0.3, 0.4) is 0 Å². The number of nitrogens with zero attached hydrogens (tertiary/aromatic N) is 2. The van der Waals surface area contributed by atoms with Crippen LogP contribution in [-0.4, -0.2) is 23.4 Å². The number of benzene rings is 3. The third-order valence-corrected chi connectivity index (χ3v) is 4.89. The molecule has 1 fully saturated rings. The molecule has 140 valence electrons. The van der Waals surface area contributed by atoms with Gasteiger partial charge in [0.2, 0.25) is 5.91 Å². The summed E-state index contributed by atoms with van der Waals surface area (Å²) in [5.41, 5.74) is 3.67. The van der Waals surface area contributed by atoms with Gasteiger partial charge in [-0.3, -0.25) is 14.9 Å². The van der Waals surface area contributed by atoms with E-state index in [2.05, 4.69) is 17.4 Å². The van der Waals surface area contributed by atoms with E-state index >= 15 is 0 Å². The maximum atomic E-state index is 12.8. The molecule has 0 spiro atoms. The number of hydrogen-bond acceptors (Lipinski definition) is 4. The summed E-state index contributed by atoms with van der Waals surface area (Å²) in [6.07, 6.45) is 0.641. The van der Waals surface area contributed by atoms with Crippen LogP contribution in [0.2, 0.25) is 0 Å². The normalized spacial score (nSPS) is 16.2. The van der Waals surface area contributed by atoms with Gasteiger partial charge in [0, 0.05) is 24.4 Å². The fraction of sp³-hybridized carbons (Fsp3) is 0.136. The van der Waals surface area contributed by atoms with Gasteiger partial charge in [-0.1, -0.05) is 48.5 Å². The summed E-state index contributed by atoms with van der Waals surface area (Å²) >= 11 is 0. The summed E-state index contributed by atoms with van der Waals surface area (Å²) in [7, 11) is 0. The summed E-state index contributed by atoms with van der Waals surface area (Å²) < 4.78 is 0. The largest absolute Gasteiger partial charge is 0.374 e. The van der Waals surface area contributed by atoms with E-state index in [1.807, 2.05) is 42.5 Å². The molecule has 1 unspecified atom stereocenters. The summed E-state index contributed by atoms with van der Waals surface area (Å²) in [4.78, 5) is 24.9. The molecule has 4 rings (SSSR count). The summed E-state index contributed by atoms with van der Waals surface area (Å²) in [6, 6.07) is 23.9. The molecule has 0 bridgehead atoms. The van der Waals surface area contributed by atoms with E-state index in [0.29, 0.717) is 18.7 Å². The second-order valence-electron chi connectivity index (χ2n) is 6.70. The number of carbonyl (C=O) groups is 1. The first kappa shape index (κ1) is 17.7. The highest BCUT2D eigenvalue weighted by Gasteiger charge is 2.33. The smallest absolute Gasteiger partial charge is 0.271 e. The second kappa shape index (κ2) is 7.52. The number of amides is 1. The highest BCUT2D eigenvalue weighted by atomic mass is 16.6. The van der Waals surface area contributed by atoms with Crippen molar-refractivity contribution in [3.8, 4) is 11.1 Å². The van der Waals surface area contributed by atoms with E-state index in [4.69, 9.17) is 0 Å². The molecule has 0 radical (unpaired) electrons. The number of nitro groups is 1. The van der Waals surface area contributed by atoms with Crippen molar-refractivity contribution >= 4 is 23.0 Å². The highest BCUT2D eigenvalue weighted by Crippen LogP contribution is 2.27. The molecule has 0 aliphatic carbocycles. The van der Waals surface area contributed by atoms with Crippen molar-refractivity contribution in [3.63, 3.8) is 0 Å². The third-order valence-electron chi connectivity index (χ3n) is 4.89. The standard InChI is InChI=1S/C22H19N3O3/c26-22-21(13-14-24(22)19-7-4-8-20(15-19)25(27)28)23-18-11-9-17(10-12-18)16-5-2-1-3-6-16/h1-12,15,21,23H,13-14H2. The van der Waals surface area contributed by atoms with Crippen LogP contribution in [0.4, 0.5) is 17.1 Å². The summed E-state index contributed by atoms with van der Waals surface area (Å²) in [6.45, 7) is 0.528. The van der Waals surface area contributed by atoms with Crippen molar-refractivity contribution in [1.82, 2.24) is 0 Å². The van der Waals surface area contributed by atoms with Crippen LogP contribution in [-0.2, 0) is 4.79 Å². The second-order valence-corrected chi connectivity index (χ2v) is 6.70. The van der Waals surface area contributed by atoms with Crippen LogP contribution in [0.25, 0.3) is 11.1 Å².